The topological polar surface area (TPSA) is 92.2 Å². The molecule has 8 heteroatoms. The first kappa shape index (κ1) is 23.6. The molecule has 1 atom stereocenters. The molecule has 0 heterocycles. The van der Waals surface area contributed by atoms with E-state index < -0.39 is 18.5 Å². The summed E-state index contributed by atoms with van der Waals surface area (Å²) < 4.78 is 17.0. The van der Waals surface area contributed by atoms with Gasteiger partial charge >= 0.3 is 7.32 Å². The van der Waals surface area contributed by atoms with Crippen molar-refractivity contribution in [2.24, 2.45) is 0 Å². The van der Waals surface area contributed by atoms with Gasteiger partial charge in [-0.1, -0.05) is 36.4 Å². The average Bonchev–Trinajstić information content (AvgIpc) is 2.77. The maximum absolute atomic E-state index is 10.5. The highest BCUT2D eigenvalue weighted by atomic mass is 16.8. The number of para-hydroxylation sites is 2. The second kappa shape index (κ2) is 10.5. The van der Waals surface area contributed by atoms with Crippen molar-refractivity contribution in [3.8, 4) is 5.75 Å². The SMILES string of the molecule is CC(C)(O)C(C)(O)COB(ONc1ccccc1)Oc1ccc(Nc2ccccc2)cc1. The Labute approximate surface area is 189 Å². The van der Waals surface area contributed by atoms with Gasteiger partial charge in [0.1, 0.15) is 11.4 Å². The average molecular weight is 436 g/mol. The Kier molecular flexibility index (Phi) is 7.77. The zero-order valence-corrected chi connectivity index (χ0v) is 18.5. The molecule has 7 nitrogen and oxygen atoms in total. The highest BCUT2D eigenvalue weighted by molar-refractivity contribution is 6.37. The lowest BCUT2D eigenvalue weighted by Crippen LogP contribution is -2.52. The van der Waals surface area contributed by atoms with E-state index in [1.165, 1.54) is 20.8 Å². The molecule has 4 N–H and O–H groups in total. The van der Waals surface area contributed by atoms with Crippen LogP contribution in [0.5, 0.6) is 5.75 Å². The number of hydrogen-bond acceptors (Lipinski definition) is 7. The predicted molar refractivity (Wildman–Crippen MR) is 127 cm³/mol. The Morgan fingerprint density at radius 2 is 1.28 bits per heavy atom. The number of anilines is 3. The van der Waals surface area contributed by atoms with Crippen LogP contribution in [0.2, 0.25) is 0 Å². The van der Waals surface area contributed by atoms with E-state index >= 15 is 0 Å². The van der Waals surface area contributed by atoms with Gasteiger partial charge in [-0.15, -0.1) is 0 Å². The highest BCUT2D eigenvalue weighted by Crippen LogP contribution is 2.23. The van der Waals surface area contributed by atoms with Gasteiger partial charge in [0.2, 0.25) is 0 Å². The molecule has 0 saturated heterocycles. The van der Waals surface area contributed by atoms with Crippen LogP contribution < -0.4 is 15.5 Å². The molecule has 32 heavy (non-hydrogen) atoms. The molecule has 0 aliphatic heterocycles. The van der Waals surface area contributed by atoms with Crippen molar-refractivity contribution in [1.29, 1.82) is 0 Å². The van der Waals surface area contributed by atoms with Crippen molar-refractivity contribution in [3.63, 3.8) is 0 Å². The zero-order valence-electron chi connectivity index (χ0n) is 18.5. The summed E-state index contributed by atoms with van der Waals surface area (Å²) in [5.41, 5.74) is 2.46. The molecule has 0 aliphatic rings. The van der Waals surface area contributed by atoms with Crippen molar-refractivity contribution in [3.05, 3.63) is 84.9 Å². The summed E-state index contributed by atoms with van der Waals surface area (Å²) in [4.78, 5) is 0. The van der Waals surface area contributed by atoms with Gasteiger partial charge in [-0.3, -0.25) is 10.2 Å². The smallest absolute Gasteiger partial charge is 0.511 e. The number of aliphatic hydroxyl groups is 2. The molecule has 0 aliphatic carbocycles. The van der Waals surface area contributed by atoms with Crippen molar-refractivity contribution >= 4 is 24.4 Å². The summed E-state index contributed by atoms with van der Waals surface area (Å²) in [5.74, 6) is 0.506. The van der Waals surface area contributed by atoms with Crippen molar-refractivity contribution in [2.75, 3.05) is 17.4 Å². The first-order valence-electron chi connectivity index (χ1n) is 10.3. The van der Waals surface area contributed by atoms with Gasteiger partial charge in [0.15, 0.2) is 0 Å². The summed E-state index contributed by atoms with van der Waals surface area (Å²) in [6.45, 7) is 4.28. The molecule has 0 spiro atoms. The quantitative estimate of drug-likeness (QED) is 0.262. The minimum atomic E-state index is -1.52. The van der Waals surface area contributed by atoms with Crippen LogP contribution in [-0.2, 0) is 9.41 Å². The van der Waals surface area contributed by atoms with Crippen LogP contribution in [0.15, 0.2) is 84.9 Å². The van der Waals surface area contributed by atoms with Crippen LogP contribution >= 0.6 is 0 Å². The van der Waals surface area contributed by atoms with E-state index in [0.29, 0.717) is 11.4 Å². The van der Waals surface area contributed by atoms with Crippen LogP contribution in [0.1, 0.15) is 20.8 Å². The Balaban J connectivity index is 1.65. The first-order chi connectivity index (χ1) is 15.2. The fourth-order valence-electron chi connectivity index (χ4n) is 2.54. The van der Waals surface area contributed by atoms with Crippen LogP contribution in [0.3, 0.4) is 0 Å². The minimum Gasteiger partial charge on any atom is -0.511 e. The predicted octanol–water partition coefficient (Wildman–Crippen LogP) is 4.38. The normalized spacial score (nSPS) is 13.2. The molecule has 0 bridgehead atoms. The monoisotopic (exact) mass is 436 g/mol. The van der Waals surface area contributed by atoms with Gasteiger partial charge in [-0.2, -0.15) is 0 Å². The van der Waals surface area contributed by atoms with E-state index in [1.807, 2.05) is 72.8 Å². The zero-order chi connectivity index (χ0) is 23.0. The van der Waals surface area contributed by atoms with Gasteiger partial charge in [-0.25, -0.2) is 0 Å². The lowest BCUT2D eigenvalue weighted by molar-refractivity contribution is -0.142. The van der Waals surface area contributed by atoms with Gasteiger partial charge in [0.05, 0.1) is 17.9 Å². The van der Waals surface area contributed by atoms with Crippen LogP contribution in [0, 0.1) is 0 Å². The Hall–Kier alpha value is -3.04. The lowest BCUT2D eigenvalue weighted by atomic mass is 9.88. The van der Waals surface area contributed by atoms with Gasteiger partial charge in [0, 0.05) is 11.4 Å². The van der Waals surface area contributed by atoms with E-state index in [4.69, 9.17) is 14.1 Å². The molecule has 1 unspecified atom stereocenters. The summed E-state index contributed by atoms with van der Waals surface area (Å²) in [5, 5.41) is 24.0. The molecule has 0 fully saturated rings. The van der Waals surface area contributed by atoms with Gasteiger partial charge in [0.25, 0.3) is 0 Å². The molecule has 3 rings (SSSR count). The van der Waals surface area contributed by atoms with E-state index in [0.717, 1.165) is 11.4 Å². The van der Waals surface area contributed by atoms with E-state index in [-0.39, 0.29) is 6.61 Å². The molecular weight excluding hydrogens is 407 g/mol. The number of rotatable bonds is 11. The van der Waals surface area contributed by atoms with Gasteiger partial charge in [-0.05, 0) is 69.3 Å². The number of benzene rings is 3. The summed E-state index contributed by atoms with van der Waals surface area (Å²) in [6.07, 6.45) is 0. The minimum absolute atomic E-state index is 0.217. The summed E-state index contributed by atoms with van der Waals surface area (Å²) in [6, 6.07) is 26.4. The maximum Gasteiger partial charge on any atom is 0.736 e. The van der Waals surface area contributed by atoms with Crippen molar-refractivity contribution in [2.45, 2.75) is 32.0 Å². The second-order valence-electron chi connectivity index (χ2n) is 8.15. The fraction of sp³-hybridized carbons (Fsp3) is 0.250. The van der Waals surface area contributed by atoms with E-state index in [2.05, 4.69) is 10.8 Å². The standard InChI is InChI=1S/C24H29BN2O5/c1-23(2,28)24(3,29)18-30-25(32-27-21-12-8-5-9-13-21)31-22-16-14-20(15-17-22)26-19-10-6-4-7-11-19/h4-17,26-29H,18H2,1-3H3. The second-order valence-corrected chi connectivity index (χ2v) is 8.15. The van der Waals surface area contributed by atoms with Gasteiger partial charge < -0.3 is 24.8 Å². The summed E-state index contributed by atoms with van der Waals surface area (Å²) >= 11 is 0. The molecule has 3 aromatic carbocycles. The van der Waals surface area contributed by atoms with Crippen LogP contribution in [0.4, 0.5) is 17.1 Å². The third-order valence-corrected chi connectivity index (χ3v) is 5.01. The molecular formula is C24H29BN2O5. The fourth-order valence-corrected chi connectivity index (χ4v) is 2.54. The third kappa shape index (κ3) is 7.00. The molecule has 0 amide bonds. The van der Waals surface area contributed by atoms with Crippen molar-refractivity contribution in [1.82, 2.24) is 0 Å². The number of hydrogen-bond donors (Lipinski definition) is 4. The maximum atomic E-state index is 10.5. The third-order valence-electron chi connectivity index (χ3n) is 5.01. The largest absolute Gasteiger partial charge is 0.736 e. The number of nitrogens with one attached hydrogen (secondary N) is 2. The Morgan fingerprint density at radius 1 is 0.750 bits per heavy atom. The highest BCUT2D eigenvalue weighted by Gasteiger charge is 2.40. The van der Waals surface area contributed by atoms with Crippen molar-refractivity contribution < 1.29 is 24.3 Å². The Morgan fingerprint density at radius 3 is 1.84 bits per heavy atom. The first-order valence-corrected chi connectivity index (χ1v) is 10.3. The van der Waals surface area contributed by atoms with Crippen LogP contribution in [-0.4, -0.2) is 35.3 Å². The summed E-state index contributed by atoms with van der Waals surface area (Å²) in [7, 11) is -1.18. The molecule has 0 saturated carbocycles. The molecule has 0 aromatic heterocycles. The molecule has 0 radical (unpaired) electrons. The Bertz CT molecular complexity index is 948. The lowest BCUT2D eigenvalue weighted by Gasteiger charge is -2.35. The van der Waals surface area contributed by atoms with E-state index in [9.17, 15) is 10.2 Å². The molecule has 168 valence electrons. The van der Waals surface area contributed by atoms with E-state index in [1.54, 1.807) is 12.1 Å². The van der Waals surface area contributed by atoms with Crippen LogP contribution in [0.25, 0.3) is 0 Å². The molecule has 3 aromatic rings.